The Bertz CT molecular complexity index is 332. The standard InChI is InChI=1S/C12H17FN2/c1-10-4-2-3-5-11(10)15-9-12(13)6-7-14-8-12/h2-5,14-15H,6-9H2,1H3. The minimum Gasteiger partial charge on any atom is -0.382 e. The van der Waals surface area contributed by atoms with Crippen LogP contribution in [0.1, 0.15) is 12.0 Å². The summed E-state index contributed by atoms with van der Waals surface area (Å²) in [6.45, 7) is 3.67. The first-order valence-electron chi connectivity index (χ1n) is 5.39. The predicted molar refractivity (Wildman–Crippen MR) is 61.0 cm³/mol. The maximum atomic E-state index is 14.0. The second-order valence-corrected chi connectivity index (χ2v) is 4.25. The molecular formula is C12H17FN2. The van der Waals surface area contributed by atoms with Crippen molar-refractivity contribution in [3.05, 3.63) is 29.8 Å². The first kappa shape index (κ1) is 10.4. The molecule has 0 aliphatic carbocycles. The quantitative estimate of drug-likeness (QED) is 0.795. The zero-order chi connectivity index (χ0) is 10.7. The van der Waals surface area contributed by atoms with Crippen LogP contribution >= 0.6 is 0 Å². The van der Waals surface area contributed by atoms with Gasteiger partial charge in [-0.1, -0.05) is 18.2 Å². The van der Waals surface area contributed by atoms with E-state index >= 15 is 0 Å². The Balaban J connectivity index is 1.95. The summed E-state index contributed by atoms with van der Waals surface area (Å²) in [6.07, 6.45) is 0.603. The van der Waals surface area contributed by atoms with E-state index in [-0.39, 0.29) is 0 Å². The average Bonchev–Trinajstić information content (AvgIpc) is 2.65. The zero-order valence-corrected chi connectivity index (χ0v) is 9.02. The van der Waals surface area contributed by atoms with E-state index < -0.39 is 5.67 Å². The van der Waals surface area contributed by atoms with Gasteiger partial charge in [0.15, 0.2) is 0 Å². The van der Waals surface area contributed by atoms with Crippen molar-refractivity contribution in [2.24, 2.45) is 0 Å². The number of rotatable bonds is 3. The van der Waals surface area contributed by atoms with Crippen LogP contribution in [0.3, 0.4) is 0 Å². The van der Waals surface area contributed by atoms with Crippen molar-refractivity contribution < 1.29 is 4.39 Å². The van der Waals surface area contributed by atoms with Gasteiger partial charge in [0.1, 0.15) is 5.67 Å². The molecule has 2 rings (SSSR count). The lowest BCUT2D eigenvalue weighted by Crippen LogP contribution is -2.34. The highest BCUT2D eigenvalue weighted by molar-refractivity contribution is 5.50. The molecule has 0 amide bonds. The van der Waals surface area contributed by atoms with Crippen LogP contribution < -0.4 is 10.6 Å². The number of para-hydroxylation sites is 1. The Morgan fingerprint density at radius 3 is 2.93 bits per heavy atom. The SMILES string of the molecule is Cc1ccccc1NCC1(F)CCNC1. The van der Waals surface area contributed by atoms with Crippen LogP contribution in [0.25, 0.3) is 0 Å². The predicted octanol–water partition coefficient (Wildman–Crippen LogP) is 2.11. The summed E-state index contributed by atoms with van der Waals surface area (Å²) in [6, 6.07) is 7.97. The molecule has 82 valence electrons. The van der Waals surface area contributed by atoms with E-state index in [2.05, 4.69) is 10.6 Å². The molecule has 15 heavy (non-hydrogen) atoms. The lowest BCUT2D eigenvalue weighted by atomic mass is 10.1. The van der Waals surface area contributed by atoms with Crippen molar-refractivity contribution >= 4 is 5.69 Å². The highest BCUT2D eigenvalue weighted by Gasteiger charge is 2.33. The number of alkyl halides is 1. The van der Waals surface area contributed by atoms with Gasteiger partial charge in [0.2, 0.25) is 0 Å². The molecule has 1 aromatic carbocycles. The fourth-order valence-electron chi connectivity index (χ4n) is 1.89. The summed E-state index contributed by atoms with van der Waals surface area (Å²) in [5, 5.41) is 6.23. The Labute approximate surface area is 89.9 Å². The van der Waals surface area contributed by atoms with Crippen LogP contribution in [0.2, 0.25) is 0 Å². The molecule has 0 bridgehead atoms. The maximum absolute atomic E-state index is 14.0. The smallest absolute Gasteiger partial charge is 0.141 e. The maximum Gasteiger partial charge on any atom is 0.141 e. The van der Waals surface area contributed by atoms with Crippen molar-refractivity contribution in [3.8, 4) is 0 Å². The van der Waals surface area contributed by atoms with Gasteiger partial charge < -0.3 is 10.6 Å². The molecule has 0 spiro atoms. The molecule has 1 atom stereocenters. The molecule has 1 unspecified atom stereocenters. The molecule has 1 aliphatic rings. The third-order valence-electron chi connectivity index (χ3n) is 2.93. The molecule has 1 aromatic rings. The number of hydrogen-bond acceptors (Lipinski definition) is 2. The van der Waals surface area contributed by atoms with E-state index in [4.69, 9.17) is 0 Å². The van der Waals surface area contributed by atoms with Gasteiger partial charge in [-0.2, -0.15) is 0 Å². The minimum atomic E-state index is -1.08. The number of anilines is 1. The Hall–Kier alpha value is -1.09. The molecule has 2 N–H and O–H groups in total. The van der Waals surface area contributed by atoms with Crippen molar-refractivity contribution in [1.82, 2.24) is 5.32 Å². The molecule has 0 saturated carbocycles. The van der Waals surface area contributed by atoms with Crippen molar-refractivity contribution in [2.75, 3.05) is 25.0 Å². The van der Waals surface area contributed by atoms with Gasteiger partial charge in [-0.15, -0.1) is 0 Å². The van der Waals surface area contributed by atoms with Crippen molar-refractivity contribution in [2.45, 2.75) is 19.0 Å². The first-order chi connectivity index (χ1) is 7.20. The van der Waals surface area contributed by atoms with E-state index in [1.165, 1.54) is 0 Å². The number of hydrogen-bond donors (Lipinski definition) is 2. The first-order valence-corrected chi connectivity index (χ1v) is 5.39. The highest BCUT2D eigenvalue weighted by atomic mass is 19.1. The molecule has 2 nitrogen and oxygen atoms in total. The average molecular weight is 208 g/mol. The van der Waals surface area contributed by atoms with Crippen LogP contribution in [-0.4, -0.2) is 25.3 Å². The van der Waals surface area contributed by atoms with Gasteiger partial charge in [0.05, 0.1) is 6.54 Å². The number of halogens is 1. The van der Waals surface area contributed by atoms with Gasteiger partial charge in [-0.05, 0) is 31.5 Å². The molecule has 0 radical (unpaired) electrons. The van der Waals surface area contributed by atoms with Gasteiger partial charge >= 0.3 is 0 Å². The van der Waals surface area contributed by atoms with Gasteiger partial charge in [-0.25, -0.2) is 4.39 Å². The van der Waals surface area contributed by atoms with Crippen molar-refractivity contribution in [1.29, 1.82) is 0 Å². The second kappa shape index (κ2) is 4.19. The summed E-state index contributed by atoms with van der Waals surface area (Å²) in [4.78, 5) is 0. The summed E-state index contributed by atoms with van der Waals surface area (Å²) in [5.41, 5.74) is 1.11. The highest BCUT2D eigenvalue weighted by Crippen LogP contribution is 2.21. The van der Waals surface area contributed by atoms with Crippen molar-refractivity contribution in [3.63, 3.8) is 0 Å². The van der Waals surface area contributed by atoms with E-state index in [1.807, 2.05) is 31.2 Å². The minimum absolute atomic E-state index is 0.394. The van der Waals surface area contributed by atoms with Gasteiger partial charge in [0, 0.05) is 12.2 Å². The van der Waals surface area contributed by atoms with E-state index in [0.29, 0.717) is 19.5 Å². The third kappa shape index (κ3) is 2.48. The number of benzene rings is 1. The summed E-state index contributed by atoms with van der Waals surface area (Å²) >= 11 is 0. The lowest BCUT2D eigenvalue weighted by Gasteiger charge is -2.20. The fraction of sp³-hybridized carbons (Fsp3) is 0.500. The molecule has 1 fully saturated rings. The van der Waals surface area contributed by atoms with Gasteiger partial charge in [0.25, 0.3) is 0 Å². The van der Waals surface area contributed by atoms with Crippen LogP contribution in [-0.2, 0) is 0 Å². The Morgan fingerprint density at radius 2 is 2.27 bits per heavy atom. The molecular weight excluding hydrogens is 191 g/mol. The molecule has 1 heterocycles. The molecule has 1 saturated heterocycles. The summed E-state index contributed by atoms with van der Waals surface area (Å²) < 4.78 is 14.0. The topological polar surface area (TPSA) is 24.1 Å². The van der Waals surface area contributed by atoms with Gasteiger partial charge in [-0.3, -0.25) is 0 Å². The largest absolute Gasteiger partial charge is 0.382 e. The van der Waals surface area contributed by atoms with E-state index in [0.717, 1.165) is 17.8 Å². The number of aryl methyl sites for hydroxylation is 1. The Morgan fingerprint density at radius 1 is 1.47 bits per heavy atom. The van der Waals surface area contributed by atoms with E-state index in [1.54, 1.807) is 0 Å². The molecule has 1 aliphatic heterocycles. The van der Waals surface area contributed by atoms with Crippen LogP contribution in [0.15, 0.2) is 24.3 Å². The van der Waals surface area contributed by atoms with Crippen LogP contribution in [0.4, 0.5) is 10.1 Å². The number of nitrogens with one attached hydrogen (secondary N) is 2. The monoisotopic (exact) mass is 208 g/mol. The second-order valence-electron chi connectivity index (χ2n) is 4.25. The molecule has 3 heteroatoms. The normalized spacial score (nSPS) is 25.5. The molecule has 0 aromatic heterocycles. The fourth-order valence-corrected chi connectivity index (χ4v) is 1.89. The van der Waals surface area contributed by atoms with Crippen LogP contribution in [0, 0.1) is 6.92 Å². The third-order valence-corrected chi connectivity index (χ3v) is 2.93. The lowest BCUT2D eigenvalue weighted by molar-refractivity contribution is 0.208. The van der Waals surface area contributed by atoms with Crippen LogP contribution in [0.5, 0.6) is 0 Å². The summed E-state index contributed by atoms with van der Waals surface area (Å²) in [7, 11) is 0. The van der Waals surface area contributed by atoms with E-state index in [9.17, 15) is 4.39 Å². The zero-order valence-electron chi connectivity index (χ0n) is 9.02. The summed E-state index contributed by atoms with van der Waals surface area (Å²) in [5.74, 6) is 0. The Kier molecular flexibility index (Phi) is 2.91.